The maximum absolute atomic E-state index is 12.7. The molecule has 2 fully saturated rings. The van der Waals surface area contributed by atoms with E-state index >= 15 is 0 Å². The summed E-state index contributed by atoms with van der Waals surface area (Å²) in [5.74, 6) is 0.216. The topological polar surface area (TPSA) is 117 Å². The van der Waals surface area contributed by atoms with E-state index < -0.39 is 5.91 Å². The molecule has 1 aliphatic carbocycles. The number of nitrogens with one attached hydrogen (secondary N) is 2. The average Bonchev–Trinajstić information content (AvgIpc) is 3.26. The van der Waals surface area contributed by atoms with Gasteiger partial charge in [-0.3, -0.25) is 14.8 Å². The first-order valence-electron chi connectivity index (χ1n) is 10.9. The minimum absolute atomic E-state index is 0.0869. The van der Waals surface area contributed by atoms with Gasteiger partial charge in [0.2, 0.25) is 5.95 Å². The average molecular weight is 420 g/mol. The predicted octanol–water partition coefficient (Wildman–Crippen LogP) is 2.05. The highest BCUT2D eigenvalue weighted by molar-refractivity contribution is 5.92. The third-order valence-corrected chi connectivity index (χ3v) is 5.79. The van der Waals surface area contributed by atoms with Crippen LogP contribution in [0.1, 0.15) is 69.2 Å². The molecule has 2 heterocycles. The van der Waals surface area contributed by atoms with E-state index in [2.05, 4.69) is 34.0 Å². The molecule has 0 aromatic carbocycles. The Bertz CT molecular complexity index is 698. The van der Waals surface area contributed by atoms with Crippen molar-refractivity contribution in [2.24, 2.45) is 5.92 Å². The van der Waals surface area contributed by atoms with Crippen LogP contribution < -0.4 is 15.7 Å². The summed E-state index contributed by atoms with van der Waals surface area (Å²) in [6.45, 7) is 5.76. The van der Waals surface area contributed by atoms with Crippen molar-refractivity contribution in [3.05, 3.63) is 18.0 Å². The van der Waals surface area contributed by atoms with Gasteiger partial charge in [-0.15, -0.1) is 0 Å². The van der Waals surface area contributed by atoms with Gasteiger partial charge in [-0.05, 0) is 50.9 Å². The second-order valence-electron chi connectivity index (χ2n) is 8.67. The zero-order chi connectivity index (χ0) is 21.5. The Morgan fingerprint density at radius 1 is 1.17 bits per heavy atom. The second-order valence-corrected chi connectivity index (χ2v) is 8.67. The number of hydrogen-bond acceptors (Lipinski definition) is 8. The Morgan fingerprint density at radius 2 is 1.80 bits per heavy atom. The number of ether oxygens (including phenoxy) is 1. The van der Waals surface area contributed by atoms with E-state index in [0.717, 1.165) is 58.0 Å². The first-order chi connectivity index (χ1) is 14.5. The highest BCUT2D eigenvalue weighted by Gasteiger charge is 2.30. The van der Waals surface area contributed by atoms with E-state index in [1.54, 1.807) is 5.48 Å². The van der Waals surface area contributed by atoms with Gasteiger partial charge in [0, 0.05) is 31.5 Å². The third-order valence-electron chi connectivity index (χ3n) is 5.79. The zero-order valence-corrected chi connectivity index (χ0v) is 17.8. The Hall–Kier alpha value is -2.26. The van der Waals surface area contributed by atoms with Gasteiger partial charge in [-0.2, -0.15) is 0 Å². The van der Waals surface area contributed by atoms with E-state index in [-0.39, 0.29) is 29.7 Å². The Labute approximate surface area is 177 Å². The van der Waals surface area contributed by atoms with Gasteiger partial charge in [-0.25, -0.2) is 15.4 Å². The number of amides is 1. The van der Waals surface area contributed by atoms with E-state index in [4.69, 9.17) is 9.94 Å². The van der Waals surface area contributed by atoms with Gasteiger partial charge >= 0.3 is 5.97 Å². The van der Waals surface area contributed by atoms with E-state index in [1.807, 2.05) is 0 Å². The standard InChI is InChI=1S/C21H33N5O4/c1-14(2)11-18(20(28)30-17-5-3-4-6-17)24-16-7-9-26(10-8-16)21-22-12-15(13-23-21)19(27)25-29/h12-14,16-18,24,29H,3-11H2,1-2H3,(H,25,27)/t18-/m1/s1. The van der Waals surface area contributed by atoms with Crippen LogP contribution in [0.4, 0.5) is 5.95 Å². The van der Waals surface area contributed by atoms with Gasteiger partial charge in [-0.1, -0.05) is 13.8 Å². The van der Waals surface area contributed by atoms with Crippen LogP contribution in [0.3, 0.4) is 0 Å². The predicted molar refractivity (Wildman–Crippen MR) is 111 cm³/mol. The number of hydroxylamine groups is 1. The van der Waals surface area contributed by atoms with Crippen LogP contribution in [0.2, 0.25) is 0 Å². The maximum Gasteiger partial charge on any atom is 0.323 e. The molecular formula is C21H33N5O4. The highest BCUT2D eigenvalue weighted by Crippen LogP contribution is 2.23. The van der Waals surface area contributed by atoms with E-state index in [1.165, 1.54) is 12.4 Å². The van der Waals surface area contributed by atoms with E-state index in [0.29, 0.717) is 11.9 Å². The molecule has 1 saturated heterocycles. The molecular weight excluding hydrogens is 386 g/mol. The van der Waals surface area contributed by atoms with Gasteiger partial charge < -0.3 is 15.0 Å². The number of nitrogens with zero attached hydrogens (tertiary/aromatic N) is 3. The molecule has 1 aliphatic heterocycles. The third kappa shape index (κ3) is 6.12. The molecule has 1 aromatic heterocycles. The lowest BCUT2D eigenvalue weighted by Crippen LogP contribution is -2.50. The summed E-state index contributed by atoms with van der Waals surface area (Å²) >= 11 is 0. The molecule has 0 bridgehead atoms. The Balaban J connectivity index is 1.51. The summed E-state index contributed by atoms with van der Waals surface area (Å²) < 4.78 is 5.76. The largest absolute Gasteiger partial charge is 0.461 e. The monoisotopic (exact) mass is 419 g/mol. The summed E-state index contributed by atoms with van der Waals surface area (Å²) in [6.07, 6.45) is 9.65. The number of hydrogen-bond donors (Lipinski definition) is 3. The maximum atomic E-state index is 12.7. The lowest BCUT2D eigenvalue weighted by atomic mass is 9.99. The SMILES string of the molecule is CC(C)C[C@@H](NC1CCN(c2ncc(C(=O)NO)cn2)CC1)C(=O)OC1CCCC1. The van der Waals surface area contributed by atoms with Crippen LogP contribution in [0.15, 0.2) is 12.4 Å². The van der Waals surface area contributed by atoms with Crippen molar-refractivity contribution < 1.29 is 19.5 Å². The molecule has 9 heteroatoms. The fourth-order valence-corrected chi connectivity index (χ4v) is 4.15. The van der Waals surface area contributed by atoms with Crippen LogP contribution in [-0.4, -0.2) is 58.3 Å². The fraction of sp³-hybridized carbons (Fsp3) is 0.714. The minimum Gasteiger partial charge on any atom is -0.461 e. The summed E-state index contributed by atoms with van der Waals surface area (Å²) in [4.78, 5) is 34.7. The van der Waals surface area contributed by atoms with E-state index in [9.17, 15) is 9.59 Å². The van der Waals surface area contributed by atoms with Gasteiger partial charge in [0.1, 0.15) is 12.1 Å². The number of esters is 1. The van der Waals surface area contributed by atoms with Gasteiger partial charge in [0.15, 0.2) is 0 Å². The summed E-state index contributed by atoms with van der Waals surface area (Å²) in [6, 6.07) is -0.0322. The van der Waals surface area contributed by atoms with Crippen molar-refractivity contribution in [3.8, 4) is 0 Å². The summed E-state index contributed by atoms with van der Waals surface area (Å²) in [7, 11) is 0. The second kappa shape index (κ2) is 10.7. The smallest absolute Gasteiger partial charge is 0.323 e. The normalized spacial score (nSPS) is 19.1. The lowest BCUT2D eigenvalue weighted by Gasteiger charge is -2.34. The summed E-state index contributed by atoms with van der Waals surface area (Å²) in [5, 5.41) is 12.2. The number of aromatic nitrogens is 2. The molecule has 0 spiro atoms. The van der Waals surface area contributed by atoms with Crippen LogP contribution >= 0.6 is 0 Å². The Morgan fingerprint density at radius 3 is 2.37 bits per heavy atom. The van der Waals surface area contributed by atoms with Crippen LogP contribution in [-0.2, 0) is 9.53 Å². The molecule has 1 atom stereocenters. The quantitative estimate of drug-likeness (QED) is 0.333. The first kappa shape index (κ1) is 22.4. The summed E-state index contributed by atoms with van der Waals surface area (Å²) in [5.41, 5.74) is 1.77. The molecule has 2 aliphatic rings. The van der Waals surface area contributed by atoms with Crippen molar-refractivity contribution in [1.29, 1.82) is 0 Å². The number of rotatable bonds is 8. The molecule has 1 amide bonds. The number of piperidine rings is 1. The number of carbonyl (C=O) groups is 2. The van der Waals surface area contributed by atoms with Crippen molar-refractivity contribution in [3.63, 3.8) is 0 Å². The van der Waals surface area contributed by atoms with Gasteiger partial charge in [0.25, 0.3) is 5.91 Å². The highest BCUT2D eigenvalue weighted by atomic mass is 16.5. The molecule has 0 unspecified atom stereocenters. The molecule has 3 rings (SSSR count). The van der Waals surface area contributed by atoms with Crippen molar-refractivity contribution >= 4 is 17.8 Å². The number of carbonyl (C=O) groups excluding carboxylic acids is 2. The minimum atomic E-state index is -0.634. The molecule has 1 saturated carbocycles. The molecule has 166 valence electrons. The molecule has 0 radical (unpaired) electrons. The van der Waals surface area contributed by atoms with Crippen molar-refractivity contribution in [2.75, 3.05) is 18.0 Å². The number of anilines is 1. The zero-order valence-electron chi connectivity index (χ0n) is 17.8. The van der Waals surface area contributed by atoms with Crippen LogP contribution in [0.25, 0.3) is 0 Å². The first-order valence-corrected chi connectivity index (χ1v) is 10.9. The lowest BCUT2D eigenvalue weighted by molar-refractivity contribution is -0.152. The Kier molecular flexibility index (Phi) is 7.98. The van der Waals surface area contributed by atoms with Crippen LogP contribution in [0, 0.1) is 5.92 Å². The van der Waals surface area contributed by atoms with Crippen molar-refractivity contribution in [1.82, 2.24) is 20.8 Å². The molecule has 1 aromatic rings. The fourth-order valence-electron chi connectivity index (χ4n) is 4.15. The molecule has 9 nitrogen and oxygen atoms in total. The molecule has 30 heavy (non-hydrogen) atoms. The van der Waals surface area contributed by atoms with Gasteiger partial charge in [0.05, 0.1) is 5.56 Å². The molecule has 3 N–H and O–H groups in total. The van der Waals surface area contributed by atoms with Crippen LogP contribution in [0.5, 0.6) is 0 Å². The van der Waals surface area contributed by atoms with Crippen molar-refractivity contribution in [2.45, 2.75) is 77.0 Å².